The van der Waals surface area contributed by atoms with E-state index in [1.54, 1.807) is 0 Å². The van der Waals surface area contributed by atoms with Crippen LogP contribution in [0.2, 0.25) is 0 Å². The molecule has 0 aromatic rings. The predicted octanol–water partition coefficient (Wildman–Crippen LogP) is 6.51. The van der Waals surface area contributed by atoms with Crippen molar-refractivity contribution in [2.45, 2.75) is 124 Å². The molecule has 170 valence electrons. The molecule has 6 nitrogen and oxygen atoms in total. The summed E-state index contributed by atoms with van der Waals surface area (Å²) in [5, 5.41) is 23.4. The SMILES string of the molecule is CC(=O)O.CC(=O)O.CCCCCCCCCCCCCCCCCC(=O)O.[Zn]. The Labute approximate surface area is 190 Å². The average molecular weight is 470 g/mol. The van der Waals surface area contributed by atoms with E-state index in [4.69, 9.17) is 24.9 Å². The van der Waals surface area contributed by atoms with E-state index in [-0.39, 0.29) is 19.5 Å². The molecular formula is C22H44O6Zn. The van der Waals surface area contributed by atoms with Crippen molar-refractivity contribution in [2.75, 3.05) is 0 Å². The fourth-order valence-corrected chi connectivity index (χ4v) is 2.65. The van der Waals surface area contributed by atoms with Crippen LogP contribution >= 0.6 is 0 Å². The smallest absolute Gasteiger partial charge is 0.303 e. The minimum Gasteiger partial charge on any atom is -0.481 e. The summed E-state index contributed by atoms with van der Waals surface area (Å²) in [5.74, 6) is -2.32. The summed E-state index contributed by atoms with van der Waals surface area (Å²) >= 11 is 0. The van der Waals surface area contributed by atoms with Crippen LogP contribution in [-0.2, 0) is 33.9 Å². The number of carboxylic acid groups (broad SMARTS) is 3. The number of rotatable bonds is 16. The Kier molecular flexibility index (Phi) is 38.8. The van der Waals surface area contributed by atoms with E-state index in [1.165, 1.54) is 83.5 Å². The fourth-order valence-electron chi connectivity index (χ4n) is 2.65. The maximum Gasteiger partial charge on any atom is 0.303 e. The topological polar surface area (TPSA) is 112 Å². The van der Waals surface area contributed by atoms with Gasteiger partial charge in [-0.25, -0.2) is 0 Å². The molecule has 0 saturated carbocycles. The monoisotopic (exact) mass is 468 g/mol. The average Bonchev–Trinajstić information content (AvgIpc) is 2.57. The second-order valence-electron chi connectivity index (χ2n) is 7.13. The van der Waals surface area contributed by atoms with Gasteiger partial charge in [-0.2, -0.15) is 0 Å². The van der Waals surface area contributed by atoms with Crippen molar-refractivity contribution in [1.29, 1.82) is 0 Å². The summed E-state index contributed by atoms with van der Waals surface area (Å²) in [6.07, 6.45) is 20.2. The van der Waals surface area contributed by atoms with Gasteiger partial charge in [-0.3, -0.25) is 14.4 Å². The molecule has 0 aliphatic rings. The van der Waals surface area contributed by atoms with E-state index in [0.29, 0.717) is 6.42 Å². The quantitative estimate of drug-likeness (QED) is 0.175. The molecule has 3 N–H and O–H groups in total. The molecule has 0 saturated heterocycles. The molecule has 0 atom stereocenters. The van der Waals surface area contributed by atoms with E-state index in [1.807, 2.05) is 0 Å². The molecule has 0 aromatic heterocycles. The minimum atomic E-state index is -0.833. The van der Waals surface area contributed by atoms with Gasteiger partial charge >= 0.3 is 5.97 Å². The molecule has 0 aromatic carbocycles. The molecule has 7 heteroatoms. The zero-order chi connectivity index (χ0) is 22.0. The minimum absolute atomic E-state index is 0. The van der Waals surface area contributed by atoms with Crippen molar-refractivity contribution in [1.82, 2.24) is 0 Å². The van der Waals surface area contributed by atoms with Crippen LogP contribution in [-0.4, -0.2) is 33.2 Å². The van der Waals surface area contributed by atoms with Crippen molar-refractivity contribution in [2.24, 2.45) is 0 Å². The second kappa shape index (κ2) is 31.7. The Hall–Kier alpha value is -0.967. The standard InChI is InChI=1S/C18H36O2.2C2H4O2.Zn/c1-2-3-4-5-6-7-8-9-10-11-12-13-14-15-16-17-18(19)20;2*1-2(3)4;/h2-17H2,1H3,(H,19,20);2*1H3,(H,3,4);. The van der Waals surface area contributed by atoms with Crippen molar-refractivity contribution < 1.29 is 49.2 Å². The number of carbonyl (C=O) groups is 3. The molecule has 0 heterocycles. The first-order chi connectivity index (χ1) is 13.2. The van der Waals surface area contributed by atoms with Gasteiger partial charge in [0.05, 0.1) is 0 Å². The van der Waals surface area contributed by atoms with Gasteiger partial charge in [0.25, 0.3) is 11.9 Å². The van der Waals surface area contributed by atoms with Gasteiger partial charge in [0, 0.05) is 39.7 Å². The van der Waals surface area contributed by atoms with E-state index in [2.05, 4.69) is 6.92 Å². The molecule has 0 amide bonds. The van der Waals surface area contributed by atoms with Crippen LogP contribution < -0.4 is 0 Å². The Morgan fingerprint density at radius 2 is 0.724 bits per heavy atom. The van der Waals surface area contributed by atoms with Crippen molar-refractivity contribution in [3.05, 3.63) is 0 Å². The summed E-state index contributed by atoms with van der Waals surface area (Å²) in [7, 11) is 0. The van der Waals surface area contributed by atoms with E-state index < -0.39 is 17.9 Å². The number of aliphatic carboxylic acids is 3. The molecule has 29 heavy (non-hydrogen) atoms. The second-order valence-corrected chi connectivity index (χ2v) is 7.13. The van der Waals surface area contributed by atoms with Crippen LogP contribution in [0.5, 0.6) is 0 Å². The molecule has 0 rings (SSSR count). The zero-order valence-electron chi connectivity index (χ0n) is 19.1. The normalized spacial score (nSPS) is 9.21. The predicted molar refractivity (Wildman–Crippen MR) is 114 cm³/mol. The van der Waals surface area contributed by atoms with Crippen LogP contribution in [0.4, 0.5) is 0 Å². The van der Waals surface area contributed by atoms with Gasteiger partial charge in [-0.05, 0) is 6.42 Å². The van der Waals surface area contributed by atoms with Gasteiger partial charge < -0.3 is 15.3 Å². The largest absolute Gasteiger partial charge is 0.481 e. The van der Waals surface area contributed by atoms with Gasteiger partial charge in [0.15, 0.2) is 0 Å². The van der Waals surface area contributed by atoms with Crippen molar-refractivity contribution >= 4 is 17.9 Å². The molecule has 0 unspecified atom stereocenters. The van der Waals surface area contributed by atoms with Crippen LogP contribution in [0.3, 0.4) is 0 Å². The summed E-state index contributed by atoms with van der Waals surface area (Å²) in [6, 6.07) is 0. The fraction of sp³-hybridized carbons (Fsp3) is 0.864. The van der Waals surface area contributed by atoms with E-state index >= 15 is 0 Å². The van der Waals surface area contributed by atoms with Crippen LogP contribution in [0.1, 0.15) is 124 Å². The molecule has 0 spiro atoms. The molecular weight excluding hydrogens is 426 g/mol. The Morgan fingerprint density at radius 1 is 0.517 bits per heavy atom. The third kappa shape index (κ3) is 65.9. The maximum atomic E-state index is 10.3. The maximum absolute atomic E-state index is 10.3. The number of unbranched alkanes of at least 4 members (excludes halogenated alkanes) is 14. The van der Waals surface area contributed by atoms with Crippen LogP contribution in [0.25, 0.3) is 0 Å². The Balaban J connectivity index is -0.000000294. The molecule has 0 radical (unpaired) electrons. The number of carboxylic acids is 3. The molecule has 0 aliphatic heterocycles. The van der Waals surface area contributed by atoms with Gasteiger partial charge in [0.2, 0.25) is 0 Å². The summed E-state index contributed by atoms with van der Waals surface area (Å²) in [5.41, 5.74) is 0. The molecule has 0 fully saturated rings. The van der Waals surface area contributed by atoms with Gasteiger partial charge in [-0.15, -0.1) is 0 Å². The van der Waals surface area contributed by atoms with Gasteiger partial charge in [0.1, 0.15) is 0 Å². The van der Waals surface area contributed by atoms with Crippen LogP contribution in [0, 0.1) is 0 Å². The molecule has 0 aliphatic carbocycles. The summed E-state index contributed by atoms with van der Waals surface area (Å²) in [4.78, 5) is 28.3. The number of hydrogen-bond donors (Lipinski definition) is 3. The third-order valence-corrected chi connectivity index (χ3v) is 3.99. The summed E-state index contributed by atoms with van der Waals surface area (Å²) < 4.78 is 0. The Morgan fingerprint density at radius 3 is 0.931 bits per heavy atom. The van der Waals surface area contributed by atoms with Crippen molar-refractivity contribution in [3.63, 3.8) is 0 Å². The first-order valence-corrected chi connectivity index (χ1v) is 10.8. The van der Waals surface area contributed by atoms with Gasteiger partial charge in [-0.1, -0.05) is 96.8 Å². The van der Waals surface area contributed by atoms with E-state index in [9.17, 15) is 4.79 Å². The third-order valence-electron chi connectivity index (χ3n) is 3.99. The van der Waals surface area contributed by atoms with Crippen LogP contribution in [0.15, 0.2) is 0 Å². The Bertz CT molecular complexity index is 341. The number of hydrogen-bond acceptors (Lipinski definition) is 3. The zero-order valence-corrected chi connectivity index (χ0v) is 22.1. The summed E-state index contributed by atoms with van der Waals surface area (Å²) in [6.45, 7) is 4.44. The van der Waals surface area contributed by atoms with Crippen molar-refractivity contribution in [3.8, 4) is 0 Å². The van der Waals surface area contributed by atoms with E-state index in [0.717, 1.165) is 26.7 Å². The first kappa shape index (κ1) is 35.5. The molecule has 0 bridgehead atoms. The first-order valence-electron chi connectivity index (χ1n) is 10.8.